The number of ether oxygens (including phenoxy) is 1. The predicted octanol–water partition coefficient (Wildman–Crippen LogP) is 21.5. The van der Waals surface area contributed by atoms with Crippen LogP contribution in [0.25, 0.3) is 88.0 Å². The lowest BCUT2D eigenvalue weighted by molar-refractivity contribution is 0.447. The van der Waals surface area contributed by atoms with Crippen molar-refractivity contribution in [3.05, 3.63) is 354 Å². The highest BCUT2D eigenvalue weighted by atomic mass is 16.5. The Balaban J connectivity index is 0.843. The van der Waals surface area contributed by atoms with Gasteiger partial charge in [-0.05, 0) is 126 Å². The van der Waals surface area contributed by atoms with Gasteiger partial charge in [0.15, 0.2) is 0 Å². The molecule has 0 radical (unpaired) electrons. The lowest BCUT2D eigenvalue weighted by Crippen LogP contribution is -2.32. The average molecular weight is 1080 g/mol. The van der Waals surface area contributed by atoms with Crippen molar-refractivity contribution >= 4 is 60.5 Å². The minimum Gasteiger partial charge on any atom is -0.456 e. The SMILES string of the molecule is c1ccc(C2(c3ccccc3)c3ccccc3-c3c(N(c4ccc(-c5cccc6c5-c5ccccc5C65c6ccc7ccccc7c6Oc6c5ccc5ccccc65)cc4)c4ccc(-c5cccc6oc7ccccc7c56)cc4)cccc32)cc1. The Hall–Kier alpha value is -11.0. The van der Waals surface area contributed by atoms with Crippen LogP contribution in [0.15, 0.2) is 314 Å². The van der Waals surface area contributed by atoms with E-state index in [1.54, 1.807) is 0 Å². The molecule has 0 atom stereocenters. The highest BCUT2D eigenvalue weighted by Crippen LogP contribution is 2.66. The molecule has 0 saturated carbocycles. The second-order valence-corrected chi connectivity index (χ2v) is 22.9. The Kier molecular flexibility index (Phi) is 10.2. The minimum absolute atomic E-state index is 0.567. The van der Waals surface area contributed by atoms with Crippen LogP contribution in [0.5, 0.6) is 11.5 Å². The average Bonchev–Trinajstić information content (AvgIpc) is 1.75. The van der Waals surface area contributed by atoms with Gasteiger partial charge in [0.1, 0.15) is 22.7 Å². The first kappa shape index (κ1) is 47.6. The van der Waals surface area contributed by atoms with Gasteiger partial charge in [0.2, 0.25) is 0 Å². The van der Waals surface area contributed by atoms with Gasteiger partial charge >= 0.3 is 0 Å². The van der Waals surface area contributed by atoms with Crippen LogP contribution in [0.4, 0.5) is 17.1 Å². The standard InChI is InChI=1S/C82H51NO2/c1-3-22-56(23-4-1)81(57-24-5-2-6-25-57)67-33-14-12-29-65(67)78-70(81)36-19-37-73(78)83(59-48-42-55(43-49-59)61-32-18-39-75-77(61)66-30-13-16-38-74(66)84-75)58-46-40-54(41-47-58)60-31-17-35-69-76(60)64-28-11-15-34-68(64)82(69)71-50-44-52-20-7-9-26-62(52)79(71)85-80-63-27-10-8-21-53(63)45-51-72(80)82/h1-51H. The summed E-state index contributed by atoms with van der Waals surface area (Å²) in [7, 11) is 0. The smallest absolute Gasteiger partial charge is 0.140 e. The third-order valence-electron chi connectivity index (χ3n) is 18.8. The van der Waals surface area contributed by atoms with Crippen LogP contribution in [-0.4, -0.2) is 0 Å². The summed E-state index contributed by atoms with van der Waals surface area (Å²) in [5, 5.41) is 6.77. The van der Waals surface area contributed by atoms with Crippen molar-refractivity contribution < 1.29 is 9.15 Å². The fourth-order valence-electron chi connectivity index (χ4n) is 15.4. The molecule has 0 saturated heterocycles. The number of para-hydroxylation sites is 1. The number of rotatable bonds is 7. The van der Waals surface area contributed by atoms with E-state index in [9.17, 15) is 0 Å². The maximum atomic E-state index is 7.30. The zero-order chi connectivity index (χ0) is 55.8. The van der Waals surface area contributed by atoms with Crippen LogP contribution >= 0.6 is 0 Å². The second kappa shape index (κ2) is 18.2. The Morgan fingerprint density at radius 3 is 1.35 bits per heavy atom. The highest BCUT2D eigenvalue weighted by molar-refractivity contribution is 6.12. The van der Waals surface area contributed by atoms with E-state index in [0.717, 1.165) is 99.9 Å². The molecule has 14 aromatic carbocycles. The summed E-state index contributed by atoms with van der Waals surface area (Å²) in [5.74, 6) is 1.83. The quantitative estimate of drug-likeness (QED) is 0.159. The molecule has 0 unspecified atom stereocenters. The lowest BCUT2D eigenvalue weighted by Gasteiger charge is -2.40. The first-order valence-electron chi connectivity index (χ1n) is 29.4. The predicted molar refractivity (Wildman–Crippen MR) is 349 cm³/mol. The molecule has 396 valence electrons. The van der Waals surface area contributed by atoms with E-state index in [1.165, 1.54) is 61.2 Å². The van der Waals surface area contributed by atoms with E-state index in [0.29, 0.717) is 0 Å². The number of furan rings is 1. The number of anilines is 3. The lowest BCUT2D eigenvalue weighted by atomic mass is 9.65. The van der Waals surface area contributed by atoms with Crippen molar-refractivity contribution in [2.45, 2.75) is 10.8 Å². The molecule has 0 N–H and O–H groups in total. The summed E-state index contributed by atoms with van der Waals surface area (Å²) in [6.45, 7) is 0. The zero-order valence-corrected chi connectivity index (χ0v) is 46.2. The molecule has 18 rings (SSSR count). The van der Waals surface area contributed by atoms with Crippen LogP contribution in [0.1, 0.15) is 44.5 Å². The monoisotopic (exact) mass is 1080 g/mol. The van der Waals surface area contributed by atoms with Gasteiger partial charge in [-0.2, -0.15) is 0 Å². The van der Waals surface area contributed by atoms with Crippen molar-refractivity contribution in [2.24, 2.45) is 0 Å². The van der Waals surface area contributed by atoms with Crippen molar-refractivity contribution in [1.82, 2.24) is 0 Å². The Labute approximate surface area is 492 Å². The number of benzene rings is 14. The molecule has 1 aromatic heterocycles. The van der Waals surface area contributed by atoms with Gasteiger partial charge in [-0.25, -0.2) is 0 Å². The molecule has 1 spiro atoms. The summed E-state index contributed by atoms with van der Waals surface area (Å²) < 4.78 is 13.7. The van der Waals surface area contributed by atoms with Crippen LogP contribution in [0.2, 0.25) is 0 Å². The van der Waals surface area contributed by atoms with Gasteiger partial charge in [0.25, 0.3) is 0 Å². The Morgan fingerprint density at radius 1 is 0.271 bits per heavy atom. The summed E-state index contributed by atoms with van der Waals surface area (Å²) in [5.41, 5.74) is 23.1. The van der Waals surface area contributed by atoms with Crippen molar-refractivity contribution in [1.29, 1.82) is 0 Å². The number of nitrogens with zero attached hydrogens (tertiary/aromatic N) is 1. The zero-order valence-electron chi connectivity index (χ0n) is 46.2. The van der Waals surface area contributed by atoms with Gasteiger partial charge in [0, 0.05) is 49.6 Å². The molecule has 0 amide bonds. The summed E-state index contributed by atoms with van der Waals surface area (Å²) in [6.07, 6.45) is 0. The third-order valence-corrected chi connectivity index (χ3v) is 18.8. The normalized spacial score (nSPS) is 13.7. The van der Waals surface area contributed by atoms with E-state index in [4.69, 9.17) is 9.15 Å². The third kappa shape index (κ3) is 6.61. The summed E-state index contributed by atoms with van der Waals surface area (Å²) in [4.78, 5) is 2.48. The Bertz CT molecular complexity index is 5090. The topological polar surface area (TPSA) is 25.6 Å². The van der Waals surface area contributed by atoms with E-state index in [1.807, 2.05) is 6.07 Å². The van der Waals surface area contributed by atoms with E-state index < -0.39 is 10.8 Å². The molecular formula is C82H51NO2. The van der Waals surface area contributed by atoms with Crippen molar-refractivity contribution in [3.8, 4) is 56.0 Å². The first-order chi connectivity index (χ1) is 42.2. The first-order valence-corrected chi connectivity index (χ1v) is 29.4. The molecule has 15 aromatic rings. The number of hydrogen-bond acceptors (Lipinski definition) is 3. The van der Waals surface area contributed by atoms with Crippen LogP contribution in [0, 0.1) is 0 Å². The fourth-order valence-corrected chi connectivity index (χ4v) is 15.4. The largest absolute Gasteiger partial charge is 0.456 e. The molecule has 3 nitrogen and oxygen atoms in total. The molecule has 0 bridgehead atoms. The summed E-state index contributed by atoms with van der Waals surface area (Å²) in [6, 6.07) is 114. The number of fused-ring (bicyclic) bond motifs is 19. The van der Waals surface area contributed by atoms with Gasteiger partial charge in [-0.15, -0.1) is 0 Å². The van der Waals surface area contributed by atoms with Crippen molar-refractivity contribution in [3.63, 3.8) is 0 Å². The van der Waals surface area contributed by atoms with Crippen LogP contribution < -0.4 is 9.64 Å². The molecule has 2 aliphatic carbocycles. The molecule has 85 heavy (non-hydrogen) atoms. The van der Waals surface area contributed by atoms with Crippen molar-refractivity contribution in [2.75, 3.05) is 4.90 Å². The maximum absolute atomic E-state index is 7.30. The maximum Gasteiger partial charge on any atom is 0.140 e. The van der Waals surface area contributed by atoms with Gasteiger partial charge in [0.05, 0.1) is 16.5 Å². The molecule has 1 aliphatic heterocycles. The van der Waals surface area contributed by atoms with Crippen LogP contribution in [0.3, 0.4) is 0 Å². The fraction of sp³-hybridized carbons (Fsp3) is 0.0244. The molecule has 0 fully saturated rings. The summed E-state index contributed by atoms with van der Waals surface area (Å²) >= 11 is 0. The minimum atomic E-state index is -0.656. The Morgan fingerprint density at radius 2 is 0.718 bits per heavy atom. The molecule has 2 heterocycles. The molecular weight excluding hydrogens is 1030 g/mol. The molecule has 3 heteroatoms. The highest BCUT2D eigenvalue weighted by Gasteiger charge is 2.53. The van der Waals surface area contributed by atoms with Gasteiger partial charge < -0.3 is 14.1 Å². The van der Waals surface area contributed by atoms with E-state index >= 15 is 0 Å². The van der Waals surface area contributed by atoms with E-state index in [-0.39, 0.29) is 0 Å². The molecule has 3 aliphatic rings. The van der Waals surface area contributed by atoms with Crippen LogP contribution in [-0.2, 0) is 10.8 Å². The van der Waals surface area contributed by atoms with Gasteiger partial charge in [-0.1, -0.05) is 267 Å². The van der Waals surface area contributed by atoms with E-state index in [2.05, 4.69) is 308 Å². The number of hydrogen-bond donors (Lipinski definition) is 0. The van der Waals surface area contributed by atoms with Gasteiger partial charge in [-0.3, -0.25) is 0 Å². The second-order valence-electron chi connectivity index (χ2n) is 22.9.